The molecule has 0 aliphatic carbocycles. The van der Waals surface area contributed by atoms with Crippen LogP contribution in [0.5, 0.6) is 17.2 Å². The zero-order valence-corrected chi connectivity index (χ0v) is 31.6. The number of ether oxygens (including phenoxy) is 4. The number of aliphatic hydroxyl groups is 2. The second kappa shape index (κ2) is 19.4. The van der Waals surface area contributed by atoms with Gasteiger partial charge in [0.15, 0.2) is 5.60 Å². The van der Waals surface area contributed by atoms with Crippen molar-refractivity contribution in [1.82, 2.24) is 15.2 Å². The second-order valence-electron chi connectivity index (χ2n) is 13.3. The third-order valence-corrected chi connectivity index (χ3v) is 9.86. The molecule has 1 saturated heterocycles. The molecule has 1 fully saturated rings. The summed E-state index contributed by atoms with van der Waals surface area (Å²) in [6.07, 6.45) is 4.52. The zero-order valence-electron chi connectivity index (χ0n) is 30.8. The summed E-state index contributed by atoms with van der Waals surface area (Å²) in [6.45, 7) is 4.26. The Kier molecular flexibility index (Phi) is 14.4. The van der Waals surface area contributed by atoms with Crippen molar-refractivity contribution in [2.24, 2.45) is 0 Å². The van der Waals surface area contributed by atoms with E-state index in [4.69, 9.17) is 30.5 Å². The number of hydrogen-bond donors (Lipinski definition) is 4. The number of halogens is 1. The molecule has 1 aromatic heterocycles. The van der Waals surface area contributed by atoms with Gasteiger partial charge in [-0.3, -0.25) is 15.1 Å². The Bertz CT molecular complexity index is 2000. The molecule has 1 aliphatic heterocycles. The molecular weight excluding hydrogens is 728 g/mol. The number of likely N-dealkylation sites (tertiary alicyclic amines) is 1. The van der Waals surface area contributed by atoms with Crippen LogP contribution < -0.4 is 19.5 Å². The highest BCUT2D eigenvalue weighted by atomic mass is 35.5. The largest absolute Gasteiger partial charge is 0.494 e. The second-order valence-corrected chi connectivity index (χ2v) is 13.7. The average molecular weight is 773 g/mol. The SMILES string of the molecule is COC(=O)C1(O)CCN(CCCOc2cccc(-c3cccc(COc4cc(OCc5cncc(C#N)c5)c(CNC(CO)C(=O)O)cc4Cl)c3C)c2)CC1. The molecular formula is C41H45ClN4O9. The van der Waals surface area contributed by atoms with Crippen molar-refractivity contribution in [1.29, 1.82) is 5.26 Å². The first-order valence-corrected chi connectivity index (χ1v) is 18.2. The molecule has 0 bridgehead atoms. The average Bonchev–Trinajstić information content (AvgIpc) is 3.19. The van der Waals surface area contributed by atoms with Crippen molar-refractivity contribution in [2.45, 2.75) is 57.6 Å². The fourth-order valence-electron chi connectivity index (χ4n) is 6.29. The van der Waals surface area contributed by atoms with E-state index in [1.165, 1.54) is 13.3 Å². The number of carboxylic acids is 1. The highest BCUT2D eigenvalue weighted by Gasteiger charge is 2.40. The van der Waals surface area contributed by atoms with E-state index in [1.54, 1.807) is 24.4 Å². The number of carbonyl (C=O) groups is 2. The molecule has 1 unspecified atom stereocenters. The summed E-state index contributed by atoms with van der Waals surface area (Å²) in [5.41, 5.74) is 4.13. The molecule has 1 aliphatic rings. The molecule has 3 aromatic carbocycles. The van der Waals surface area contributed by atoms with Crippen LogP contribution in [0.25, 0.3) is 11.1 Å². The van der Waals surface area contributed by atoms with E-state index in [1.807, 2.05) is 49.4 Å². The minimum atomic E-state index is -1.40. The monoisotopic (exact) mass is 772 g/mol. The van der Waals surface area contributed by atoms with E-state index in [0.29, 0.717) is 60.7 Å². The number of esters is 1. The van der Waals surface area contributed by atoms with Gasteiger partial charge in [0.25, 0.3) is 0 Å². The number of rotatable bonds is 18. The van der Waals surface area contributed by atoms with Gasteiger partial charge in [0.2, 0.25) is 0 Å². The van der Waals surface area contributed by atoms with E-state index in [-0.39, 0.29) is 24.8 Å². The van der Waals surface area contributed by atoms with E-state index in [9.17, 15) is 30.2 Å². The molecule has 2 heterocycles. The number of nitrogens with one attached hydrogen (secondary N) is 1. The highest BCUT2D eigenvalue weighted by Crippen LogP contribution is 2.35. The number of aromatic nitrogens is 1. The predicted molar refractivity (Wildman–Crippen MR) is 204 cm³/mol. The quantitative estimate of drug-likeness (QED) is 0.0780. The standard InChI is InChI=1S/C41H45ClN4O9/c1-27-31(7-4-9-34(27)30-6-3-8-33(17-30)53-15-5-12-46-13-10-41(51,11-14-46)40(50)52-2)26-55-38-19-37(54-25-29-16-28(20-43)21-44-22-29)32(18-35(38)42)23-45-36(24-47)39(48)49/h3-4,6-9,16-19,21-22,36,45,47,51H,5,10-15,23-26H2,1-2H3,(H,48,49). The number of methoxy groups -OCH3 is 1. The number of hydrogen-bond acceptors (Lipinski definition) is 12. The predicted octanol–water partition coefficient (Wildman–Crippen LogP) is 5.04. The van der Waals surface area contributed by atoms with Crippen LogP contribution in [0.2, 0.25) is 5.02 Å². The fraction of sp³-hybridized carbons (Fsp3) is 0.366. The Labute approximate surface area is 325 Å². The van der Waals surface area contributed by atoms with Gasteiger partial charge in [-0.15, -0.1) is 0 Å². The summed E-state index contributed by atoms with van der Waals surface area (Å²) in [5.74, 6) is -0.297. The molecule has 13 nitrogen and oxygen atoms in total. The lowest BCUT2D eigenvalue weighted by molar-refractivity contribution is -0.167. The molecule has 290 valence electrons. The van der Waals surface area contributed by atoms with Gasteiger partial charge in [0, 0.05) is 55.8 Å². The molecule has 5 rings (SSSR count). The maximum Gasteiger partial charge on any atom is 0.337 e. The first-order valence-electron chi connectivity index (χ1n) is 17.9. The Morgan fingerprint density at radius 2 is 1.78 bits per heavy atom. The maximum absolute atomic E-state index is 11.9. The molecule has 0 spiro atoms. The molecule has 0 amide bonds. The Morgan fingerprint density at radius 3 is 2.51 bits per heavy atom. The maximum atomic E-state index is 11.9. The Hall–Kier alpha value is -5.23. The van der Waals surface area contributed by atoms with E-state index < -0.39 is 30.2 Å². The third-order valence-electron chi connectivity index (χ3n) is 9.56. The number of aliphatic hydroxyl groups excluding tert-OH is 1. The number of nitriles is 1. The number of aliphatic carboxylic acids is 1. The van der Waals surface area contributed by atoms with Crippen molar-refractivity contribution in [2.75, 3.05) is 40.0 Å². The van der Waals surface area contributed by atoms with Crippen LogP contribution in [-0.2, 0) is 34.1 Å². The number of piperidine rings is 1. The summed E-state index contributed by atoms with van der Waals surface area (Å²) in [6, 6.07) is 19.7. The number of carboxylic acid groups (broad SMARTS) is 1. The van der Waals surface area contributed by atoms with Gasteiger partial charge in [0.1, 0.15) is 42.6 Å². The van der Waals surface area contributed by atoms with Crippen molar-refractivity contribution >= 4 is 23.5 Å². The van der Waals surface area contributed by atoms with Crippen LogP contribution in [0.4, 0.5) is 0 Å². The zero-order chi connectivity index (χ0) is 39.4. The van der Waals surface area contributed by atoms with E-state index >= 15 is 0 Å². The minimum absolute atomic E-state index is 0.0371. The third kappa shape index (κ3) is 10.9. The van der Waals surface area contributed by atoms with Crippen LogP contribution in [0.3, 0.4) is 0 Å². The number of pyridine rings is 1. The van der Waals surface area contributed by atoms with Crippen LogP contribution >= 0.6 is 11.6 Å². The van der Waals surface area contributed by atoms with Gasteiger partial charge in [-0.05, 0) is 72.7 Å². The lowest BCUT2D eigenvalue weighted by Gasteiger charge is -2.36. The lowest BCUT2D eigenvalue weighted by atomic mass is 9.91. The molecule has 55 heavy (non-hydrogen) atoms. The van der Waals surface area contributed by atoms with Crippen LogP contribution in [-0.4, -0.2) is 88.7 Å². The number of benzene rings is 3. The molecule has 0 saturated carbocycles. The van der Waals surface area contributed by atoms with E-state index in [2.05, 4.69) is 21.3 Å². The van der Waals surface area contributed by atoms with Gasteiger partial charge in [0.05, 0.1) is 30.9 Å². The fourth-order valence-corrected chi connectivity index (χ4v) is 6.53. The number of nitrogens with zero attached hydrogens (tertiary/aromatic N) is 3. The minimum Gasteiger partial charge on any atom is -0.494 e. The summed E-state index contributed by atoms with van der Waals surface area (Å²) < 4.78 is 23.2. The summed E-state index contributed by atoms with van der Waals surface area (Å²) in [5, 5.41) is 41.7. The van der Waals surface area contributed by atoms with E-state index in [0.717, 1.165) is 41.0 Å². The van der Waals surface area contributed by atoms with Crippen molar-refractivity contribution in [3.8, 4) is 34.4 Å². The Morgan fingerprint density at radius 1 is 1.02 bits per heavy atom. The van der Waals surface area contributed by atoms with Gasteiger partial charge >= 0.3 is 11.9 Å². The number of carbonyl (C=O) groups excluding carboxylic acids is 1. The first-order chi connectivity index (χ1) is 26.5. The first kappa shape index (κ1) is 40.9. The van der Waals surface area contributed by atoms with Crippen LogP contribution in [0.15, 0.2) is 73.1 Å². The van der Waals surface area contributed by atoms with Crippen molar-refractivity contribution < 1.29 is 43.9 Å². The van der Waals surface area contributed by atoms with Gasteiger partial charge in [-0.1, -0.05) is 41.9 Å². The van der Waals surface area contributed by atoms with Crippen molar-refractivity contribution in [3.63, 3.8) is 0 Å². The van der Waals surface area contributed by atoms with Crippen LogP contribution in [0, 0.1) is 18.3 Å². The Balaban J connectivity index is 1.23. The smallest absolute Gasteiger partial charge is 0.337 e. The van der Waals surface area contributed by atoms with Gasteiger partial charge in [-0.2, -0.15) is 5.26 Å². The molecule has 4 aromatic rings. The molecule has 1 atom stereocenters. The molecule has 0 radical (unpaired) electrons. The van der Waals surface area contributed by atoms with Crippen LogP contribution in [0.1, 0.15) is 47.1 Å². The summed E-state index contributed by atoms with van der Waals surface area (Å²) in [4.78, 5) is 29.7. The molecule has 14 heteroatoms. The van der Waals surface area contributed by atoms with Gasteiger partial charge in [-0.25, -0.2) is 4.79 Å². The normalized spacial score (nSPS) is 14.4. The highest BCUT2D eigenvalue weighted by molar-refractivity contribution is 6.32. The summed E-state index contributed by atoms with van der Waals surface area (Å²) in [7, 11) is 1.29. The summed E-state index contributed by atoms with van der Waals surface area (Å²) >= 11 is 6.68. The topological polar surface area (TPSA) is 184 Å². The van der Waals surface area contributed by atoms with Crippen molar-refractivity contribution in [3.05, 3.63) is 106 Å². The molecule has 4 N–H and O–H groups in total. The lowest BCUT2D eigenvalue weighted by Crippen LogP contribution is -2.50. The van der Waals surface area contributed by atoms with Gasteiger partial charge < -0.3 is 39.2 Å².